The van der Waals surface area contributed by atoms with E-state index in [0.29, 0.717) is 11.3 Å². The predicted molar refractivity (Wildman–Crippen MR) is 142 cm³/mol. The van der Waals surface area contributed by atoms with E-state index in [4.69, 9.17) is 9.72 Å². The second-order valence-corrected chi connectivity index (χ2v) is 12.0. The minimum Gasteiger partial charge on any atom is -0.479 e. The third kappa shape index (κ3) is 4.61. The molecule has 0 fully saturated rings. The lowest BCUT2D eigenvalue weighted by molar-refractivity contribution is -0.160. The molecule has 1 aromatic carbocycles. The Morgan fingerprint density at radius 3 is 2.50 bits per heavy atom. The van der Waals surface area contributed by atoms with E-state index in [-0.39, 0.29) is 0 Å². The van der Waals surface area contributed by atoms with E-state index < -0.39 is 17.7 Å². The Bertz CT molecular complexity index is 1380. The van der Waals surface area contributed by atoms with Gasteiger partial charge in [-0.1, -0.05) is 26.3 Å². The Balaban J connectivity index is 2.13. The van der Waals surface area contributed by atoms with E-state index in [2.05, 4.69) is 31.0 Å². The van der Waals surface area contributed by atoms with Gasteiger partial charge in [-0.25, -0.2) is 14.8 Å². The van der Waals surface area contributed by atoms with E-state index in [1.807, 2.05) is 40.7 Å². The van der Waals surface area contributed by atoms with Gasteiger partial charge < -0.3 is 9.84 Å². The summed E-state index contributed by atoms with van der Waals surface area (Å²) in [7, 11) is 0. The molecule has 0 unspecified atom stereocenters. The van der Waals surface area contributed by atoms with Gasteiger partial charge in [0.1, 0.15) is 4.83 Å². The standard InChI is InChI=1S/C27H32N2O3S2/c1-8-10-19-17(9-2)23-22(16-11-12-18-20(13-16)33-15(4)29-18)21(14(3)28-25(23)34-19)24(26(30)31)32-27(5,6)7/h11-13,24H,8-10H2,1-7H3,(H,30,31)/t24-/m0/s1. The fourth-order valence-electron chi connectivity index (χ4n) is 4.57. The van der Waals surface area contributed by atoms with Crippen LogP contribution in [0, 0.1) is 13.8 Å². The van der Waals surface area contributed by atoms with Crippen molar-refractivity contribution in [2.75, 3.05) is 0 Å². The van der Waals surface area contributed by atoms with Gasteiger partial charge in [0.25, 0.3) is 0 Å². The van der Waals surface area contributed by atoms with Crippen LogP contribution in [0.1, 0.15) is 73.8 Å². The molecule has 180 valence electrons. The second-order valence-electron chi connectivity index (χ2n) is 9.64. The van der Waals surface area contributed by atoms with Crippen molar-refractivity contribution < 1.29 is 14.6 Å². The van der Waals surface area contributed by atoms with Crippen molar-refractivity contribution in [1.29, 1.82) is 0 Å². The molecule has 3 aromatic heterocycles. The molecular formula is C27H32N2O3S2. The molecule has 0 saturated carbocycles. The SMILES string of the molecule is CCCc1sc2nc(C)c([C@H](OC(C)(C)C)C(=O)O)c(-c3ccc4nc(C)sc4c3)c2c1CC. The van der Waals surface area contributed by atoms with Crippen molar-refractivity contribution in [2.45, 2.75) is 79.4 Å². The molecule has 0 bridgehead atoms. The first-order valence-electron chi connectivity index (χ1n) is 11.8. The number of benzene rings is 1. The molecule has 0 aliphatic heterocycles. The fraction of sp³-hybridized carbons (Fsp3) is 0.444. The summed E-state index contributed by atoms with van der Waals surface area (Å²) >= 11 is 3.39. The summed E-state index contributed by atoms with van der Waals surface area (Å²) < 4.78 is 7.24. The number of hydrogen-bond acceptors (Lipinski definition) is 6. The molecule has 3 heterocycles. The van der Waals surface area contributed by atoms with Gasteiger partial charge in [0, 0.05) is 27.1 Å². The normalized spacial score (nSPS) is 13.1. The van der Waals surface area contributed by atoms with Crippen LogP contribution < -0.4 is 0 Å². The Hall–Kier alpha value is -2.35. The summed E-state index contributed by atoms with van der Waals surface area (Å²) in [6.07, 6.45) is 1.79. The Kier molecular flexibility index (Phi) is 6.82. The summed E-state index contributed by atoms with van der Waals surface area (Å²) in [6, 6.07) is 6.24. The molecule has 0 saturated heterocycles. The van der Waals surface area contributed by atoms with E-state index >= 15 is 0 Å². The van der Waals surface area contributed by atoms with Crippen molar-refractivity contribution in [3.8, 4) is 11.1 Å². The van der Waals surface area contributed by atoms with Crippen molar-refractivity contribution in [3.05, 3.63) is 44.9 Å². The maximum Gasteiger partial charge on any atom is 0.337 e. The van der Waals surface area contributed by atoms with Crippen molar-refractivity contribution >= 4 is 49.1 Å². The number of pyridine rings is 1. The first-order chi connectivity index (χ1) is 16.0. The van der Waals surface area contributed by atoms with Crippen LogP contribution in [-0.4, -0.2) is 26.6 Å². The maximum atomic E-state index is 12.6. The molecule has 7 heteroatoms. The number of carboxylic acid groups (broad SMARTS) is 1. The summed E-state index contributed by atoms with van der Waals surface area (Å²) in [5.74, 6) is -1.00. The van der Waals surface area contributed by atoms with Crippen LogP contribution in [0.5, 0.6) is 0 Å². The minimum absolute atomic E-state index is 0.629. The summed E-state index contributed by atoms with van der Waals surface area (Å²) in [6.45, 7) is 13.9. The van der Waals surface area contributed by atoms with Gasteiger partial charge in [-0.15, -0.1) is 22.7 Å². The third-order valence-corrected chi connectivity index (χ3v) is 7.94. The lowest BCUT2D eigenvalue weighted by Gasteiger charge is -2.28. The van der Waals surface area contributed by atoms with Gasteiger partial charge in [0.05, 0.1) is 20.8 Å². The number of fused-ring (bicyclic) bond motifs is 2. The lowest BCUT2D eigenvalue weighted by Crippen LogP contribution is -2.28. The average Bonchev–Trinajstić information content (AvgIpc) is 3.28. The number of aryl methyl sites for hydroxylation is 4. The van der Waals surface area contributed by atoms with Gasteiger partial charge >= 0.3 is 5.97 Å². The molecule has 0 aliphatic carbocycles. The highest BCUT2D eigenvalue weighted by molar-refractivity contribution is 7.19. The first kappa shape index (κ1) is 24.8. The molecule has 0 spiro atoms. The van der Waals surface area contributed by atoms with Crippen LogP contribution in [0.4, 0.5) is 0 Å². The van der Waals surface area contributed by atoms with Gasteiger partial charge in [-0.3, -0.25) is 0 Å². The molecule has 0 aliphatic rings. The zero-order chi connectivity index (χ0) is 24.8. The summed E-state index contributed by atoms with van der Waals surface area (Å²) in [5, 5.41) is 12.4. The topological polar surface area (TPSA) is 72.3 Å². The third-order valence-electron chi connectivity index (χ3n) is 5.82. The average molecular weight is 497 g/mol. The molecule has 0 radical (unpaired) electrons. The number of ether oxygens (including phenoxy) is 1. The molecule has 1 atom stereocenters. The number of thiophene rings is 1. The number of nitrogens with zero attached hydrogens (tertiary/aromatic N) is 2. The number of hydrogen-bond donors (Lipinski definition) is 1. The van der Waals surface area contributed by atoms with E-state index in [1.54, 1.807) is 22.7 Å². The van der Waals surface area contributed by atoms with E-state index in [9.17, 15) is 9.90 Å². The molecule has 5 nitrogen and oxygen atoms in total. The maximum absolute atomic E-state index is 12.6. The molecule has 4 aromatic rings. The first-order valence-corrected chi connectivity index (χ1v) is 13.4. The summed E-state index contributed by atoms with van der Waals surface area (Å²) in [4.78, 5) is 24.4. The van der Waals surface area contributed by atoms with Crippen LogP contribution in [-0.2, 0) is 22.4 Å². The minimum atomic E-state index is -1.12. The quantitative estimate of drug-likeness (QED) is 0.284. The number of carboxylic acids is 1. The smallest absolute Gasteiger partial charge is 0.337 e. The van der Waals surface area contributed by atoms with E-state index in [1.165, 1.54) is 10.4 Å². The van der Waals surface area contributed by atoms with Crippen LogP contribution >= 0.6 is 22.7 Å². The Morgan fingerprint density at radius 1 is 1.15 bits per heavy atom. The zero-order valence-electron chi connectivity index (χ0n) is 20.9. The molecule has 0 amide bonds. The highest BCUT2D eigenvalue weighted by atomic mass is 32.1. The predicted octanol–water partition coefficient (Wildman–Crippen LogP) is 7.65. The van der Waals surface area contributed by atoms with Crippen molar-refractivity contribution in [1.82, 2.24) is 9.97 Å². The molecule has 34 heavy (non-hydrogen) atoms. The highest BCUT2D eigenvalue weighted by Gasteiger charge is 2.33. The van der Waals surface area contributed by atoms with E-state index in [0.717, 1.165) is 55.8 Å². The zero-order valence-corrected chi connectivity index (χ0v) is 22.5. The van der Waals surface area contributed by atoms with Gasteiger partial charge in [0.15, 0.2) is 6.10 Å². The van der Waals surface area contributed by atoms with Crippen LogP contribution in [0.3, 0.4) is 0 Å². The Labute approximate surface area is 208 Å². The van der Waals surface area contributed by atoms with Crippen LogP contribution in [0.15, 0.2) is 18.2 Å². The number of rotatable bonds is 7. The summed E-state index contributed by atoms with van der Waals surface area (Å²) in [5.41, 5.74) is 4.87. The van der Waals surface area contributed by atoms with Crippen molar-refractivity contribution in [2.24, 2.45) is 0 Å². The van der Waals surface area contributed by atoms with Gasteiger partial charge in [-0.2, -0.15) is 0 Å². The van der Waals surface area contributed by atoms with Gasteiger partial charge in [0.2, 0.25) is 0 Å². The highest BCUT2D eigenvalue weighted by Crippen LogP contribution is 2.45. The molecular weight excluding hydrogens is 464 g/mol. The molecule has 4 rings (SSSR count). The van der Waals surface area contributed by atoms with Crippen molar-refractivity contribution in [3.63, 3.8) is 0 Å². The number of aliphatic carboxylic acids is 1. The lowest BCUT2D eigenvalue weighted by atomic mass is 9.90. The van der Waals surface area contributed by atoms with Crippen LogP contribution in [0.25, 0.3) is 31.6 Å². The number of thiazole rings is 1. The number of carbonyl (C=O) groups is 1. The van der Waals surface area contributed by atoms with Gasteiger partial charge in [-0.05, 0) is 70.7 Å². The Morgan fingerprint density at radius 2 is 1.88 bits per heavy atom. The fourth-order valence-corrected chi connectivity index (χ4v) is 6.85. The second kappa shape index (κ2) is 9.36. The van der Waals surface area contributed by atoms with Crippen LogP contribution in [0.2, 0.25) is 0 Å². The number of aromatic nitrogens is 2. The molecule has 1 N–H and O–H groups in total. The largest absolute Gasteiger partial charge is 0.479 e. The monoisotopic (exact) mass is 496 g/mol.